The molecule has 1 aromatic heterocycles. The Hall–Kier alpha value is -1.36. The summed E-state index contributed by atoms with van der Waals surface area (Å²) in [4.78, 5) is 8.31. The van der Waals surface area contributed by atoms with E-state index in [0.29, 0.717) is 17.5 Å². The molecule has 5 heteroatoms. The van der Waals surface area contributed by atoms with Crippen LogP contribution in [0.1, 0.15) is 37.9 Å². The van der Waals surface area contributed by atoms with Crippen molar-refractivity contribution in [1.82, 2.24) is 9.97 Å². The van der Waals surface area contributed by atoms with Gasteiger partial charge in [-0.15, -0.1) is 0 Å². The number of nitrogens with one attached hydrogen (secondary N) is 1. The highest BCUT2D eigenvalue weighted by Crippen LogP contribution is 2.21. The Morgan fingerprint density at radius 2 is 2.06 bits per heavy atom. The number of anilines is 2. The average Bonchev–Trinajstić information content (AvgIpc) is 2.43. The lowest BCUT2D eigenvalue weighted by molar-refractivity contribution is 0.144. The maximum Gasteiger partial charge on any atom is 0.132 e. The second-order valence-corrected chi connectivity index (χ2v) is 4.68. The number of nitrogen functional groups attached to an aromatic ring is 1. The van der Waals surface area contributed by atoms with Crippen molar-refractivity contribution in [3.8, 4) is 0 Å². The number of hydrogen-bond acceptors (Lipinski definition) is 5. The van der Waals surface area contributed by atoms with Crippen LogP contribution in [-0.4, -0.2) is 27.2 Å². The first-order valence-corrected chi connectivity index (χ1v) is 6.21. The molecular formula is C12H20N4O. The van der Waals surface area contributed by atoms with Gasteiger partial charge in [-0.3, -0.25) is 0 Å². The molecule has 1 heterocycles. The second-order valence-electron chi connectivity index (χ2n) is 4.68. The predicted octanol–water partition coefficient (Wildman–Crippen LogP) is 1.47. The van der Waals surface area contributed by atoms with Gasteiger partial charge in [-0.1, -0.05) is 19.3 Å². The summed E-state index contributed by atoms with van der Waals surface area (Å²) in [7, 11) is 0. The van der Waals surface area contributed by atoms with Crippen LogP contribution in [0.3, 0.4) is 0 Å². The Kier molecular flexibility index (Phi) is 3.78. The Morgan fingerprint density at radius 1 is 1.29 bits per heavy atom. The summed E-state index contributed by atoms with van der Waals surface area (Å²) in [5.41, 5.74) is 5.68. The smallest absolute Gasteiger partial charge is 0.132 e. The van der Waals surface area contributed by atoms with Crippen LogP contribution in [0.15, 0.2) is 6.07 Å². The topological polar surface area (TPSA) is 84.1 Å². The van der Waals surface area contributed by atoms with Crippen LogP contribution in [0.4, 0.5) is 11.6 Å². The number of rotatable bonds is 2. The molecule has 4 N–H and O–H groups in total. The molecule has 0 spiro atoms. The summed E-state index contributed by atoms with van der Waals surface area (Å²) in [5, 5.41) is 13.3. The minimum absolute atomic E-state index is 0.0752. The number of hydrogen-bond donors (Lipinski definition) is 3. The molecule has 1 aliphatic carbocycles. The van der Waals surface area contributed by atoms with E-state index in [2.05, 4.69) is 15.3 Å². The molecule has 2 unspecified atom stereocenters. The maximum atomic E-state index is 10.0. The largest absolute Gasteiger partial charge is 0.391 e. The van der Waals surface area contributed by atoms with Gasteiger partial charge in [0.25, 0.3) is 0 Å². The summed E-state index contributed by atoms with van der Waals surface area (Å²) in [6.07, 6.45) is 4.98. The zero-order valence-electron chi connectivity index (χ0n) is 10.2. The van der Waals surface area contributed by atoms with Crippen LogP contribution in [0, 0.1) is 6.92 Å². The normalized spacial score (nSPS) is 25.3. The third kappa shape index (κ3) is 3.30. The molecule has 0 radical (unpaired) electrons. The fourth-order valence-electron chi connectivity index (χ4n) is 2.31. The summed E-state index contributed by atoms with van der Waals surface area (Å²) in [5.74, 6) is 1.82. The van der Waals surface area contributed by atoms with Crippen molar-refractivity contribution in [3.63, 3.8) is 0 Å². The van der Waals surface area contributed by atoms with Gasteiger partial charge < -0.3 is 16.2 Å². The maximum absolute atomic E-state index is 10.0. The van der Waals surface area contributed by atoms with Crippen LogP contribution in [0.25, 0.3) is 0 Å². The third-order valence-corrected chi connectivity index (χ3v) is 3.17. The highest BCUT2D eigenvalue weighted by Gasteiger charge is 2.21. The van der Waals surface area contributed by atoms with Crippen molar-refractivity contribution >= 4 is 11.6 Å². The lowest BCUT2D eigenvalue weighted by Crippen LogP contribution is -2.32. The number of aromatic nitrogens is 2. The predicted molar refractivity (Wildman–Crippen MR) is 67.7 cm³/mol. The van der Waals surface area contributed by atoms with Crippen molar-refractivity contribution in [2.24, 2.45) is 0 Å². The molecule has 0 bridgehead atoms. The van der Waals surface area contributed by atoms with Crippen molar-refractivity contribution in [1.29, 1.82) is 0 Å². The summed E-state index contributed by atoms with van der Waals surface area (Å²) < 4.78 is 0. The molecule has 1 aliphatic rings. The number of nitrogens with zero attached hydrogens (tertiary/aromatic N) is 2. The van der Waals surface area contributed by atoms with Gasteiger partial charge in [0.05, 0.1) is 12.1 Å². The van der Waals surface area contributed by atoms with Gasteiger partial charge in [-0.25, -0.2) is 9.97 Å². The number of aryl methyl sites for hydroxylation is 1. The zero-order valence-corrected chi connectivity index (χ0v) is 10.2. The molecule has 2 rings (SSSR count). The molecule has 0 saturated heterocycles. The van der Waals surface area contributed by atoms with E-state index in [0.717, 1.165) is 25.7 Å². The van der Waals surface area contributed by atoms with E-state index in [4.69, 9.17) is 5.73 Å². The summed E-state index contributed by atoms with van der Waals surface area (Å²) in [6.45, 7) is 1.81. The Balaban J connectivity index is 2.07. The third-order valence-electron chi connectivity index (χ3n) is 3.17. The van der Waals surface area contributed by atoms with Crippen molar-refractivity contribution in [2.45, 2.75) is 51.2 Å². The second kappa shape index (κ2) is 5.31. The molecule has 0 aromatic carbocycles. The molecule has 94 valence electrons. The molecular weight excluding hydrogens is 216 g/mol. The monoisotopic (exact) mass is 236 g/mol. The molecule has 1 fully saturated rings. The fourth-order valence-corrected chi connectivity index (χ4v) is 2.31. The van der Waals surface area contributed by atoms with Gasteiger partial charge in [0.1, 0.15) is 17.5 Å². The van der Waals surface area contributed by atoms with Gasteiger partial charge in [-0.05, 0) is 19.8 Å². The molecule has 17 heavy (non-hydrogen) atoms. The van der Waals surface area contributed by atoms with E-state index in [-0.39, 0.29) is 12.1 Å². The van der Waals surface area contributed by atoms with Crippen molar-refractivity contribution in [3.05, 3.63) is 11.9 Å². The summed E-state index contributed by atoms with van der Waals surface area (Å²) in [6, 6.07) is 1.79. The molecule has 2 atom stereocenters. The SMILES string of the molecule is Cc1nc(N)cc(NC2CCCCCC2O)n1. The average molecular weight is 236 g/mol. The van der Waals surface area contributed by atoms with Gasteiger partial charge in [0, 0.05) is 6.07 Å². The lowest BCUT2D eigenvalue weighted by Gasteiger charge is -2.22. The van der Waals surface area contributed by atoms with Crippen LogP contribution in [0.5, 0.6) is 0 Å². The number of aliphatic hydroxyl groups excluding tert-OH is 1. The van der Waals surface area contributed by atoms with Crippen LogP contribution in [0.2, 0.25) is 0 Å². The van der Waals surface area contributed by atoms with Gasteiger partial charge >= 0.3 is 0 Å². The number of nitrogens with two attached hydrogens (primary N) is 1. The minimum Gasteiger partial charge on any atom is -0.391 e. The van der Waals surface area contributed by atoms with Crippen LogP contribution in [-0.2, 0) is 0 Å². The lowest BCUT2D eigenvalue weighted by atomic mass is 10.1. The van der Waals surface area contributed by atoms with E-state index in [9.17, 15) is 5.11 Å². The van der Waals surface area contributed by atoms with E-state index in [1.54, 1.807) is 6.07 Å². The first kappa shape index (κ1) is 12.1. The van der Waals surface area contributed by atoms with Crippen molar-refractivity contribution < 1.29 is 5.11 Å². The first-order valence-electron chi connectivity index (χ1n) is 6.21. The molecule has 1 aromatic rings. The van der Waals surface area contributed by atoms with E-state index in [1.165, 1.54) is 6.42 Å². The van der Waals surface area contributed by atoms with E-state index < -0.39 is 0 Å². The highest BCUT2D eigenvalue weighted by atomic mass is 16.3. The fraction of sp³-hybridized carbons (Fsp3) is 0.667. The Bertz CT molecular complexity index is 363. The Labute approximate surface area is 101 Å². The number of aliphatic hydroxyl groups is 1. The van der Waals surface area contributed by atoms with Crippen LogP contribution >= 0.6 is 0 Å². The van der Waals surface area contributed by atoms with Crippen LogP contribution < -0.4 is 11.1 Å². The quantitative estimate of drug-likeness (QED) is 0.677. The van der Waals surface area contributed by atoms with Crippen molar-refractivity contribution in [2.75, 3.05) is 11.1 Å². The van der Waals surface area contributed by atoms with E-state index >= 15 is 0 Å². The van der Waals surface area contributed by atoms with Gasteiger partial charge in [0.15, 0.2) is 0 Å². The first-order chi connectivity index (χ1) is 8.15. The molecule has 1 saturated carbocycles. The summed E-state index contributed by atoms with van der Waals surface area (Å²) >= 11 is 0. The standard InChI is InChI=1S/C12H20N4O/c1-8-14-11(13)7-12(15-8)16-9-5-3-2-4-6-10(9)17/h7,9-10,17H,2-6H2,1H3,(H3,13,14,15,16). The molecule has 0 aliphatic heterocycles. The van der Waals surface area contributed by atoms with Gasteiger partial charge in [-0.2, -0.15) is 0 Å². The zero-order chi connectivity index (χ0) is 12.3. The molecule has 5 nitrogen and oxygen atoms in total. The van der Waals surface area contributed by atoms with Gasteiger partial charge in [0.2, 0.25) is 0 Å². The van der Waals surface area contributed by atoms with E-state index in [1.807, 2.05) is 6.92 Å². The minimum atomic E-state index is -0.297. The highest BCUT2D eigenvalue weighted by molar-refractivity contribution is 5.45. The molecule has 0 amide bonds. The Morgan fingerprint density at radius 3 is 2.82 bits per heavy atom.